The van der Waals surface area contributed by atoms with E-state index in [9.17, 15) is 0 Å². The molecule has 1 saturated carbocycles. The third kappa shape index (κ3) is 3.83. The van der Waals surface area contributed by atoms with Crippen LogP contribution in [0.1, 0.15) is 55.6 Å². The van der Waals surface area contributed by atoms with E-state index in [2.05, 4.69) is 34.5 Å². The largest absolute Gasteiger partial charge is 0.314 e. The minimum atomic E-state index is 0.825. The molecule has 0 aromatic heterocycles. The minimum Gasteiger partial charge on any atom is -0.314 e. The Morgan fingerprint density at radius 1 is 0.900 bits per heavy atom. The van der Waals surface area contributed by atoms with Gasteiger partial charge in [-0.05, 0) is 29.9 Å². The highest BCUT2D eigenvalue weighted by Gasteiger charge is 2.14. The topological polar surface area (TPSA) is 15.3 Å². The van der Waals surface area contributed by atoms with Crippen LogP contribution in [0.5, 0.6) is 0 Å². The average molecular weight is 272 g/mol. The summed E-state index contributed by atoms with van der Waals surface area (Å²) in [5.74, 6) is 0.825. The first-order valence-electron chi connectivity index (χ1n) is 8.44. The Bertz CT molecular complexity index is 384. The maximum atomic E-state index is 3.42. The molecule has 2 nitrogen and oxygen atoms in total. The van der Waals surface area contributed by atoms with Gasteiger partial charge in [0.05, 0.1) is 0 Å². The Kier molecular flexibility index (Phi) is 5.10. The molecule has 1 aromatic carbocycles. The van der Waals surface area contributed by atoms with Crippen molar-refractivity contribution in [3.63, 3.8) is 0 Å². The lowest BCUT2D eigenvalue weighted by Crippen LogP contribution is -2.42. The Morgan fingerprint density at radius 2 is 1.55 bits per heavy atom. The molecule has 1 N–H and O–H groups in total. The maximum Gasteiger partial charge on any atom is 0.0234 e. The minimum absolute atomic E-state index is 0.825. The molecule has 3 rings (SSSR count). The van der Waals surface area contributed by atoms with Gasteiger partial charge in [0.2, 0.25) is 0 Å². The van der Waals surface area contributed by atoms with Crippen LogP contribution in [-0.4, -0.2) is 31.1 Å². The van der Waals surface area contributed by atoms with Crippen molar-refractivity contribution in [3.05, 3.63) is 35.4 Å². The third-order valence-corrected chi connectivity index (χ3v) is 4.92. The summed E-state index contributed by atoms with van der Waals surface area (Å²) in [5, 5.41) is 3.42. The normalized spacial score (nSPS) is 22.6. The van der Waals surface area contributed by atoms with Gasteiger partial charge in [-0.1, -0.05) is 49.9 Å². The number of benzene rings is 1. The number of hydrogen-bond acceptors (Lipinski definition) is 2. The fourth-order valence-corrected chi connectivity index (χ4v) is 3.64. The molecular weight excluding hydrogens is 244 g/mol. The fraction of sp³-hybridized carbons (Fsp3) is 0.667. The molecule has 2 heteroatoms. The Balaban J connectivity index is 1.58. The molecule has 110 valence electrons. The van der Waals surface area contributed by atoms with Gasteiger partial charge >= 0.3 is 0 Å². The second-order valence-electron chi connectivity index (χ2n) is 6.46. The number of hydrogen-bond donors (Lipinski definition) is 1. The van der Waals surface area contributed by atoms with Gasteiger partial charge in [-0.3, -0.25) is 4.90 Å². The highest BCUT2D eigenvalue weighted by Crippen LogP contribution is 2.31. The van der Waals surface area contributed by atoms with Crippen LogP contribution in [0, 0.1) is 0 Å². The first-order chi connectivity index (χ1) is 9.92. The highest BCUT2D eigenvalue weighted by molar-refractivity contribution is 5.25. The molecule has 0 bridgehead atoms. The van der Waals surface area contributed by atoms with E-state index in [1.54, 1.807) is 5.56 Å². The van der Waals surface area contributed by atoms with Crippen molar-refractivity contribution in [2.45, 2.75) is 51.0 Å². The molecule has 0 radical (unpaired) electrons. The van der Waals surface area contributed by atoms with Crippen molar-refractivity contribution >= 4 is 0 Å². The average Bonchev–Trinajstić information content (AvgIpc) is 2.78. The number of nitrogens with zero attached hydrogens (tertiary/aromatic N) is 1. The standard InChI is InChI=1S/C18H28N2/c1-2-4-6-17(5-3-1)18-9-7-16(8-10-18)15-20-13-11-19-12-14-20/h7-10,17,19H,1-6,11-15H2. The van der Waals surface area contributed by atoms with Gasteiger partial charge in [0, 0.05) is 32.7 Å². The summed E-state index contributed by atoms with van der Waals surface area (Å²) in [5.41, 5.74) is 3.06. The van der Waals surface area contributed by atoms with E-state index >= 15 is 0 Å². The second-order valence-corrected chi connectivity index (χ2v) is 6.46. The molecule has 1 aliphatic heterocycles. The van der Waals surface area contributed by atoms with Crippen LogP contribution >= 0.6 is 0 Å². The SMILES string of the molecule is c1cc(C2CCCCCC2)ccc1CN1CCNCC1. The fourth-order valence-electron chi connectivity index (χ4n) is 3.64. The Morgan fingerprint density at radius 3 is 2.20 bits per heavy atom. The van der Waals surface area contributed by atoms with Gasteiger partial charge in [-0.15, -0.1) is 0 Å². The van der Waals surface area contributed by atoms with Crippen LogP contribution < -0.4 is 5.32 Å². The summed E-state index contributed by atoms with van der Waals surface area (Å²) in [4.78, 5) is 2.55. The van der Waals surface area contributed by atoms with Gasteiger partial charge in [-0.25, -0.2) is 0 Å². The highest BCUT2D eigenvalue weighted by atomic mass is 15.2. The van der Waals surface area contributed by atoms with Crippen molar-refractivity contribution in [1.29, 1.82) is 0 Å². The quantitative estimate of drug-likeness (QED) is 0.847. The van der Waals surface area contributed by atoms with Crippen molar-refractivity contribution in [2.24, 2.45) is 0 Å². The zero-order valence-electron chi connectivity index (χ0n) is 12.6. The van der Waals surface area contributed by atoms with E-state index in [1.165, 1.54) is 57.2 Å². The second kappa shape index (κ2) is 7.24. The smallest absolute Gasteiger partial charge is 0.0234 e. The Hall–Kier alpha value is -0.860. The summed E-state index contributed by atoms with van der Waals surface area (Å²) in [6.07, 6.45) is 8.53. The first kappa shape index (κ1) is 14.1. The predicted octanol–water partition coefficient (Wildman–Crippen LogP) is 3.53. The monoisotopic (exact) mass is 272 g/mol. The lowest BCUT2D eigenvalue weighted by molar-refractivity contribution is 0.233. The number of nitrogens with one attached hydrogen (secondary N) is 1. The molecule has 2 fully saturated rings. The molecule has 2 aliphatic rings. The van der Waals surface area contributed by atoms with Crippen LogP contribution in [-0.2, 0) is 6.54 Å². The predicted molar refractivity (Wildman–Crippen MR) is 85.0 cm³/mol. The summed E-state index contributed by atoms with van der Waals surface area (Å²) in [6, 6.07) is 9.52. The van der Waals surface area contributed by atoms with E-state index < -0.39 is 0 Å². The maximum absolute atomic E-state index is 3.42. The summed E-state index contributed by atoms with van der Waals surface area (Å²) in [6.45, 7) is 5.77. The van der Waals surface area contributed by atoms with Gasteiger partial charge in [-0.2, -0.15) is 0 Å². The molecule has 1 heterocycles. The van der Waals surface area contributed by atoms with Gasteiger partial charge < -0.3 is 5.32 Å². The van der Waals surface area contributed by atoms with E-state index in [0.29, 0.717) is 0 Å². The summed E-state index contributed by atoms with van der Waals surface area (Å²) >= 11 is 0. The molecule has 1 aromatic rings. The number of piperazine rings is 1. The molecule has 0 spiro atoms. The number of rotatable bonds is 3. The first-order valence-corrected chi connectivity index (χ1v) is 8.44. The van der Waals surface area contributed by atoms with Gasteiger partial charge in [0.15, 0.2) is 0 Å². The van der Waals surface area contributed by atoms with Crippen molar-refractivity contribution < 1.29 is 0 Å². The Labute approximate surface area is 123 Å². The van der Waals surface area contributed by atoms with Crippen LogP contribution in [0.15, 0.2) is 24.3 Å². The molecular formula is C18H28N2. The van der Waals surface area contributed by atoms with Crippen LogP contribution in [0.2, 0.25) is 0 Å². The molecule has 20 heavy (non-hydrogen) atoms. The van der Waals surface area contributed by atoms with Crippen molar-refractivity contribution in [1.82, 2.24) is 10.2 Å². The van der Waals surface area contributed by atoms with E-state index in [4.69, 9.17) is 0 Å². The molecule has 0 unspecified atom stereocenters. The molecule has 1 saturated heterocycles. The van der Waals surface area contributed by atoms with Crippen LogP contribution in [0.3, 0.4) is 0 Å². The van der Waals surface area contributed by atoms with Crippen LogP contribution in [0.25, 0.3) is 0 Å². The van der Waals surface area contributed by atoms with E-state index in [-0.39, 0.29) is 0 Å². The molecule has 1 aliphatic carbocycles. The molecule has 0 amide bonds. The van der Waals surface area contributed by atoms with Gasteiger partial charge in [0.1, 0.15) is 0 Å². The molecule has 0 atom stereocenters. The van der Waals surface area contributed by atoms with Crippen LogP contribution in [0.4, 0.5) is 0 Å². The lowest BCUT2D eigenvalue weighted by atomic mass is 9.91. The zero-order valence-corrected chi connectivity index (χ0v) is 12.6. The van der Waals surface area contributed by atoms with E-state index in [1.807, 2.05) is 0 Å². The third-order valence-electron chi connectivity index (χ3n) is 4.92. The van der Waals surface area contributed by atoms with Crippen molar-refractivity contribution in [3.8, 4) is 0 Å². The zero-order chi connectivity index (χ0) is 13.6. The van der Waals surface area contributed by atoms with Crippen molar-refractivity contribution in [2.75, 3.05) is 26.2 Å². The summed E-state index contributed by atoms with van der Waals surface area (Å²) in [7, 11) is 0. The summed E-state index contributed by atoms with van der Waals surface area (Å²) < 4.78 is 0. The van der Waals surface area contributed by atoms with E-state index in [0.717, 1.165) is 25.6 Å². The van der Waals surface area contributed by atoms with Gasteiger partial charge in [0.25, 0.3) is 0 Å². The lowest BCUT2D eigenvalue weighted by Gasteiger charge is -2.27.